The van der Waals surface area contributed by atoms with Crippen LogP contribution in [-0.4, -0.2) is 18.0 Å². The second-order valence-corrected chi connectivity index (χ2v) is 4.50. The van der Waals surface area contributed by atoms with Crippen molar-refractivity contribution in [3.05, 3.63) is 35.1 Å². The van der Waals surface area contributed by atoms with E-state index in [1.807, 2.05) is 13.8 Å². The van der Waals surface area contributed by atoms with Gasteiger partial charge in [-0.15, -0.1) is 0 Å². The van der Waals surface area contributed by atoms with E-state index in [1.54, 1.807) is 13.0 Å². The molecule has 4 heteroatoms. The van der Waals surface area contributed by atoms with Crippen LogP contribution < -0.4 is 11.1 Å². The smallest absolute Gasteiger partial charge is 0.252 e. The molecule has 0 aliphatic heterocycles. The first-order chi connectivity index (χ1) is 7.35. The molecule has 1 rings (SSSR count). The van der Waals surface area contributed by atoms with Crippen LogP contribution in [0.25, 0.3) is 0 Å². The molecule has 0 saturated carbocycles. The molecular weight excluding hydrogens is 207 g/mol. The fourth-order valence-electron chi connectivity index (χ4n) is 1.26. The van der Waals surface area contributed by atoms with E-state index >= 15 is 0 Å². The van der Waals surface area contributed by atoms with Crippen molar-refractivity contribution in [2.75, 3.05) is 6.54 Å². The summed E-state index contributed by atoms with van der Waals surface area (Å²) in [5, 5.41) is 2.76. The van der Waals surface area contributed by atoms with Gasteiger partial charge in [-0.3, -0.25) is 4.79 Å². The van der Waals surface area contributed by atoms with Crippen LogP contribution in [0.4, 0.5) is 4.39 Å². The molecule has 0 aliphatic rings. The van der Waals surface area contributed by atoms with E-state index in [9.17, 15) is 9.18 Å². The molecular formula is C12H17FN2O. The molecule has 0 radical (unpaired) electrons. The van der Waals surface area contributed by atoms with Crippen LogP contribution in [0.3, 0.4) is 0 Å². The fourth-order valence-corrected chi connectivity index (χ4v) is 1.26. The lowest BCUT2D eigenvalue weighted by atomic mass is 10.0. The minimum absolute atomic E-state index is 0.299. The zero-order valence-electron chi connectivity index (χ0n) is 9.80. The van der Waals surface area contributed by atoms with Crippen LogP contribution >= 0.6 is 0 Å². The topological polar surface area (TPSA) is 55.1 Å². The highest BCUT2D eigenvalue weighted by Gasteiger charge is 2.20. The molecule has 1 aromatic rings. The lowest BCUT2D eigenvalue weighted by Gasteiger charge is -2.24. The first-order valence-electron chi connectivity index (χ1n) is 5.14. The van der Waals surface area contributed by atoms with Crippen LogP contribution in [0, 0.1) is 12.7 Å². The predicted octanol–water partition coefficient (Wildman–Crippen LogP) is 1.60. The summed E-state index contributed by atoms with van der Waals surface area (Å²) in [5.41, 5.74) is 6.11. The van der Waals surface area contributed by atoms with Crippen molar-refractivity contribution in [1.29, 1.82) is 0 Å². The van der Waals surface area contributed by atoms with E-state index in [0.717, 1.165) is 5.56 Å². The molecule has 0 bridgehead atoms. The summed E-state index contributed by atoms with van der Waals surface area (Å²) in [4.78, 5) is 11.9. The van der Waals surface area contributed by atoms with E-state index < -0.39 is 11.4 Å². The monoisotopic (exact) mass is 224 g/mol. The normalized spacial score (nSPS) is 11.3. The summed E-state index contributed by atoms with van der Waals surface area (Å²) in [7, 11) is 0. The highest BCUT2D eigenvalue weighted by Crippen LogP contribution is 2.11. The molecule has 3 nitrogen and oxygen atoms in total. The number of aryl methyl sites for hydroxylation is 1. The highest BCUT2D eigenvalue weighted by atomic mass is 19.1. The number of nitrogens with two attached hydrogens (primary N) is 1. The van der Waals surface area contributed by atoms with Gasteiger partial charge in [-0.1, -0.05) is 6.07 Å². The van der Waals surface area contributed by atoms with Crippen molar-refractivity contribution in [2.24, 2.45) is 5.73 Å². The maximum Gasteiger partial charge on any atom is 0.252 e. The largest absolute Gasteiger partial charge is 0.346 e. The first-order valence-corrected chi connectivity index (χ1v) is 5.14. The standard InChI is InChI=1S/C12H17FN2O/c1-8-4-5-9(13)6-10(8)11(16)15-12(2,3)7-14/h4-6H,7,14H2,1-3H3,(H,15,16). The quantitative estimate of drug-likeness (QED) is 0.819. The van der Waals surface area contributed by atoms with Gasteiger partial charge in [-0.25, -0.2) is 4.39 Å². The number of carbonyl (C=O) groups is 1. The molecule has 3 N–H and O–H groups in total. The number of hydrogen-bond donors (Lipinski definition) is 2. The van der Waals surface area contributed by atoms with Gasteiger partial charge in [0.15, 0.2) is 0 Å². The third-order valence-electron chi connectivity index (χ3n) is 2.41. The van der Waals surface area contributed by atoms with Gasteiger partial charge < -0.3 is 11.1 Å². The van der Waals surface area contributed by atoms with Gasteiger partial charge in [-0.05, 0) is 38.5 Å². The van der Waals surface area contributed by atoms with E-state index in [1.165, 1.54) is 12.1 Å². The van der Waals surface area contributed by atoms with Crippen molar-refractivity contribution in [1.82, 2.24) is 5.32 Å². The maximum absolute atomic E-state index is 13.0. The Hall–Kier alpha value is -1.42. The van der Waals surface area contributed by atoms with Crippen molar-refractivity contribution in [3.8, 4) is 0 Å². The Bertz CT molecular complexity index is 402. The summed E-state index contributed by atoms with van der Waals surface area (Å²) in [5.74, 6) is -0.714. The first kappa shape index (κ1) is 12.6. The van der Waals surface area contributed by atoms with Gasteiger partial charge >= 0.3 is 0 Å². The fraction of sp³-hybridized carbons (Fsp3) is 0.417. The number of carbonyl (C=O) groups excluding carboxylic acids is 1. The summed E-state index contributed by atoms with van der Waals surface area (Å²) in [6.07, 6.45) is 0. The number of amides is 1. The van der Waals surface area contributed by atoms with Crippen LogP contribution in [0.1, 0.15) is 29.8 Å². The molecule has 1 aromatic carbocycles. The molecule has 0 atom stereocenters. The Labute approximate surface area is 94.8 Å². The zero-order chi connectivity index (χ0) is 12.3. The molecule has 0 aliphatic carbocycles. The summed E-state index contributed by atoms with van der Waals surface area (Å²) in [6, 6.07) is 4.15. The van der Waals surface area contributed by atoms with Crippen LogP contribution in [0.5, 0.6) is 0 Å². The molecule has 0 aromatic heterocycles. The minimum atomic E-state index is -0.490. The Morgan fingerprint density at radius 1 is 1.50 bits per heavy atom. The van der Waals surface area contributed by atoms with Gasteiger partial charge in [0.1, 0.15) is 5.82 Å². The van der Waals surface area contributed by atoms with Gasteiger partial charge in [0, 0.05) is 17.6 Å². The lowest BCUT2D eigenvalue weighted by molar-refractivity contribution is 0.0914. The van der Waals surface area contributed by atoms with Gasteiger partial charge in [0.25, 0.3) is 5.91 Å². The number of rotatable bonds is 3. The number of benzene rings is 1. The number of nitrogens with one attached hydrogen (secondary N) is 1. The summed E-state index contributed by atoms with van der Waals surface area (Å²) >= 11 is 0. The molecule has 0 saturated heterocycles. The van der Waals surface area contributed by atoms with Crippen LogP contribution in [0.15, 0.2) is 18.2 Å². The Balaban J connectivity index is 2.93. The second kappa shape index (κ2) is 4.61. The van der Waals surface area contributed by atoms with Gasteiger partial charge in [-0.2, -0.15) is 0 Å². The minimum Gasteiger partial charge on any atom is -0.346 e. The molecule has 0 fully saturated rings. The zero-order valence-corrected chi connectivity index (χ0v) is 9.80. The average Bonchev–Trinajstić information content (AvgIpc) is 2.21. The number of halogens is 1. The highest BCUT2D eigenvalue weighted by molar-refractivity contribution is 5.96. The van der Waals surface area contributed by atoms with Crippen molar-refractivity contribution in [3.63, 3.8) is 0 Å². The van der Waals surface area contributed by atoms with Gasteiger partial charge in [0.2, 0.25) is 0 Å². The predicted molar refractivity (Wildman–Crippen MR) is 61.7 cm³/mol. The van der Waals surface area contributed by atoms with E-state index in [2.05, 4.69) is 5.32 Å². The third kappa shape index (κ3) is 3.03. The summed E-state index contributed by atoms with van der Waals surface area (Å²) < 4.78 is 13.0. The molecule has 88 valence electrons. The lowest BCUT2D eigenvalue weighted by Crippen LogP contribution is -2.49. The van der Waals surface area contributed by atoms with E-state index in [0.29, 0.717) is 12.1 Å². The molecule has 1 amide bonds. The Kier molecular flexibility index (Phi) is 3.65. The third-order valence-corrected chi connectivity index (χ3v) is 2.41. The van der Waals surface area contributed by atoms with Crippen molar-refractivity contribution >= 4 is 5.91 Å². The number of hydrogen-bond acceptors (Lipinski definition) is 2. The van der Waals surface area contributed by atoms with Crippen molar-refractivity contribution in [2.45, 2.75) is 26.3 Å². The Morgan fingerprint density at radius 2 is 2.12 bits per heavy atom. The molecule has 0 spiro atoms. The van der Waals surface area contributed by atoms with Crippen molar-refractivity contribution < 1.29 is 9.18 Å². The average molecular weight is 224 g/mol. The van der Waals surface area contributed by atoms with Crippen LogP contribution in [0.2, 0.25) is 0 Å². The van der Waals surface area contributed by atoms with E-state index in [-0.39, 0.29) is 5.91 Å². The van der Waals surface area contributed by atoms with Crippen LogP contribution in [-0.2, 0) is 0 Å². The van der Waals surface area contributed by atoms with E-state index in [4.69, 9.17) is 5.73 Å². The SMILES string of the molecule is Cc1ccc(F)cc1C(=O)NC(C)(C)CN. The van der Waals surface area contributed by atoms with Gasteiger partial charge in [0.05, 0.1) is 0 Å². The molecule has 0 heterocycles. The second-order valence-electron chi connectivity index (χ2n) is 4.50. The summed E-state index contributed by atoms with van der Waals surface area (Å²) in [6.45, 7) is 5.73. The molecule has 0 unspecified atom stereocenters. The maximum atomic E-state index is 13.0. The Morgan fingerprint density at radius 3 is 2.69 bits per heavy atom. The molecule has 16 heavy (non-hydrogen) atoms.